The van der Waals surface area contributed by atoms with Crippen molar-refractivity contribution in [2.24, 2.45) is 10.2 Å². The van der Waals surface area contributed by atoms with Crippen molar-refractivity contribution >= 4 is 46.4 Å². The van der Waals surface area contributed by atoms with Crippen LogP contribution >= 0.6 is 23.2 Å². The Labute approximate surface area is 186 Å². The van der Waals surface area contributed by atoms with Gasteiger partial charge in [-0.05, 0) is 38.8 Å². The Kier molecular flexibility index (Phi) is 9.51. The van der Waals surface area contributed by atoms with E-state index in [2.05, 4.69) is 21.1 Å². The number of benzene rings is 2. The van der Waals surface area contributed by atoms with Gasteiger partial charge in [0, 0.05) is 34.0 Å². The summed E-state index contributed by atoms with van der Waals surface area (Å²) in [6.45, 7) is 3.55. The molecule has 30 heavy (non-hydrogen) atoms. The Morgan fingerprint density at radius 3 is 1.47 bits per heavy atom. The van der Waals surface area contributed by atoms with E-state index in [9.17, 15) is 9.59 Å². The molecule has 0 fully saturated rings. The molecule has 0 spiro atoms. The summed E-state index contributed by atoms with van der Waals surface area (Å²) in [5.74, 6) is -0.427. The third-order valence-electron chi connectivity index (χ3n) is 4.28. The van der Waals surface area contributed by atoms with Gasteiger partial charge in [-0.2, -0.15) is 10.2 Å². The van der Waals surface area contributed by atoms with Gasteiger partial charge in [0.2, 0.25) is 11.8 Å². The first kappa shape index (κ1) is 23.6. The zero-order chi connectivity index (χ0) is 21.9. The van der Waals surface area contributed by atoms with E-state index in [1.165, 1.54) is 0 Å². The van der Waals surface area contributed by atoms with Gasteiger partial charge >= 0.3 is 0 Å². The van der Waals surface area contributed by atoms with E-state index < -0.39 is 0 Å². The molecule has 2 aromatic rings. The molecule has 0 heterocycles. The van der Waals surface area contributed by atoms with E-state index in [0.29, 0.717) is 34.3 Å². The van der Waals surface area contributed by atoms with E-state index >= 15 is 0 Å². The van der Waals surface area contributed by atoms with E-state index in [1.807, 2.05) is 36.4 Å². The summed E-state index contributed by atoms with van der Waals surface area (Å²) < 4.78 is 0. The maximum absolute atomic E-state index is 11.9. The van der Waals surface area contributed by atoms with Crippen LogP contribution in [0.5, 0.6) is 0 Å². The van der Waals surface area contributed by atoms with E-state index in [4.69, 9.17) is 23.2 Å². The topological polar surface area (TPSA) is 82.9 Å². The molecule has 2 N–H and O–H groups in total. The first-order valence-electron chi connectivity index (χ1n) is 9.54. The second kappa shape index (κ2) is 12.1. The maximum Gasteiger partial charge on any atom is 0.240 e. The van der Waals surface area contributed by atoms with Crippen LogP contribution in [0.25, 0.3) is 0 Å². The number of carbonyl (C=O) groups excluding carboxylic acids is 2. The minimum Gasteiger partial charge on any atom is -0.273 e. The van der Waals surface area contributed by atoms with Gasteiger partial charge in [-0.25, -0.2) is 10.9 Å². The van der Waals surface area contributed by atoms with E-state index in [1.54, 1.807) is 26.0 Å². The summed E-state index contributed by atoms with van der Waals surface area (Å²) in [4.78, 5) is 23.9. The van der Waals surface area contributed by atoms with Crippen LogP contribution in [-0.4, -0.2) is 23.2 Å². The normalized spacial score (nSPS) is 11.9. The lowest BCUT2D eigenvalue weighted by molar-refractivity contribution is -0.123. The zero-order valence-corrected chi connectivity index (χ0v) is 18.4. The lowest BCUT2D eigenvalue weighted by Gasteiger charge is -2.05. The van der Waals surface area contributed by atoms with Crippen LogP contribution in [0.2, 0.25) is 10.0 Å². The number of nitrogens with one attached hydrogen (secondary N) is 2. The Morgan fingerprint density at radius 2 is 1.10 bits per heavy atom. The minimum atomic E-state index is -0.214. The lowest BCUT2D eigenvalue weighted by Crippen LogP contribution is -2.20. The molecule has 0 aliphatic rings. The van der Waals surface area contributed by atoms with E-state index in [0.717, 1.165) is 11.1 Å². The number of halogens is 2. The first-order valence-corrected chi connectivity index (χ1v) is 10.3. The fourth-order valence-corrected chi connectivity index (χ4v) is 3.15. The molecular formula is C22H24Cl2N4O2. The number of hydrogen-bond acceptors (Lipinski definition) is 4. The van der Waals surface area contributed by atoms with Crippen molar-refractivity contribution in [3.8, 4) is 0 Å². The van der Waals surface area contributed by atoms with Crippen molar-refractivity contribution in [3.63, 3.8) is 0 Å². The molecule has 8 heteroatoms. The number of unbranched alkanes of at least 4 members (excludes halogenated alkanes) is 1. The second-order valence-electron chi connectivity index (χ2n) is 6.63. The molecule has 6 nitrogen and oxygen atoms in total. The standard InChI is InChI=1S/C22H24Cl2N4O2/c1-15(17-9-3-5-11-19(17)23)25-27-21(29)13-7-8-14-22(30)28-26-16(2)18-10-4-6-12-20(18)24/h3-6,9-12H,7-8,13-14H2,1-2H3,(H,27,29)(H,28,30)/b25-15+,26-16+. The quantitative estimate of drug-likeness (QED) is 0.325. The van der Waals surface area contributed by atoms with Crippen LogP contribution in [0, 0.1) is 0 Å². The van der Waals surface area contributed by atoms with Gasteiger partial charge in [-0.3, -0.25) is 9.59 Å². The van der Waals surface area contributed by atoms with Crippen LogP contribution in [0.3, 0.4) is 0 Å². The molecule has 158 valence electrons. The summed E-state index contributed by atoms with van der Waals surface area (Å²) in [7, 11) is 0. The van der Waals surface area contributed by atoms with Crippen molar-refractivity contribution in [2.75, 3.05) is 0 Å². The third kappa shape index (κ3) is 7.61. The van der Waals surface area contributed by atoms with Crippen molar-refractivity contribution in [1.82, 2.24) is 10.9 Å². The maximum atomic E-state index is 11.9. The Morgan fingerprint density at radius 1 is 0.733 bits per heavy atom. The van der Waals surface area contributed by atoms with Crippen LogP contribution in [0.4, 0.5) is 0 Å². The molecule has 0 aliphatic carbocycles. The smallest absolute Gasteiger partial charge is 0.240 e. The van der Waals surface area contributed by atoms with Gasteiger partial charge < -0.3 is 0 Å². The molecular weight excluding hydrogens is 423 g/mol. The van der Waals surface area contributed by atoms with Gasteiger partial charge in [0.1, 0.15) is 0 Å². The molecule has 0 saturated carbocycles. The Hall–Kier alpha value is -2.70. The molecule has 0 saturated heterocycles. The molecule has 2 amide bonds. The Bertz CT molecular complexity index is 880. The third-order valence-corrected chi connectivity index (χ3v) is 4.94. The fraction of sp³-hybridized carbons (Fsp3) is 0.273. The van der Waals surface area contributed by atoms with Crippen molar-refractivity contribution in [3.05, 3.63) is 69.7 Å². The van der Waals surface area contributed by atoms with Crippen LogP contribution in [-0.2, 0) is 9.59 Å². The van der Waals surface area contributed by atoms with E-state index in [-0.39, 0.29) is 24.7 Å². The molecule has 2 rings (SSSR count). The molecule has 0 unspecified atom stereocenters. The van der Waals surface area contributed by atoms with Gasteiger partial charge in [0.25, 0.3) is 0 Å². The van der Waals surface area contributed by atoms with Gasteiger partial charge in [0.05, 0.1) is 11.4 Å². The first-order chi connectivity index (χ1) is 14.4. The van der Waals surface area contributed by atoms with Crippen LogP contribution < -0.4 is 10.9 Å². The summed E-state index contributed by atoms with van der Waals surface area (Å²) in [6.07, 6.45) is 1.67. The number of amides is 2. The highest BCUT2D eigenvalue weighted by Crippen LogP contribution is 2.16. The summed E-state index contributed by atoms with van der Waals surface area (Å²) in [5.41, 5.74) is 7.82. The van der Waals surface area contributed by atoms with Crippen LogP contribution in [0.15, 0.2) is 58.7 Å². The number of hydrogen-bond donors (Lipinski definition) is 2. The second-order valence-corrected chi connectivity index (χ2v) is 7.45. The lowest BCUT2D eigenvalue weighted by atomic mass is 10.1. The zero-order valence-electron chi connectivity index (χ0n) is 16.9. The van der Waals surface area contributed by atoms with Gasteiger partial charge in [-0.15, -0.1) is 0 Å². The van der Waals surface area contributed by atoms with Gasteiger partial charge in [-0.1, -0.05) is 59.6 Å². The average Bonchev–Trinajstić information content (AvgIpc) is 2.74. The van der Waals surface area contributed by atoms with Crippen molar-refractivity contribution in [1.29, 1.82) is 0 Å². The highest BCUT2D eigenvalue weighted by Gasteiger charge is 2.07. The molecule has 0 bridgehead atoms. The highest BCUT2D eigenvalue weighted by atomic mass is 35.5. The largest absolute Gasteiger partial charge is 0.273 e. The predicted molar refractivity (Wildman–Crippen MR) is 122 cm³/mol. The number of rotatable bonds is 9. The molecule has 0 radical (unpaired) electrons. The van der Waals surface area contributed by atoms with Crippen molar-refractivity contribution in [2.45, 2.75) is 39.5 Å². The molecule has 0 aromatic heterocycles. The fourth-order valence-electron chi connectivity index (χ4n) is 2.61. The number of nitrogens with zero attached hydrogens (tertiary/aromatic N) is 2. The Balaban J connectivity index is 1.69. The molecule has 0 aliphatic heterocycles. The molecule has 2 aromatic carbocycles. The summed E-state index contributed by atoms with van der Waals surface area (Å²) >= 11 is 12.2. The van der Waals surface area contributed by atoms with Crippen LogP contribution in [0.1, 0.15) is 50.7 Å². The molecule has 0 atom stereocenters. The van der Waals surface area contributed by atoms with Crippen molar-refractivity contribution < 1.29 is 9.59 Å². The summed E-state index contributed by atoms with van der Waals surface area (Å²) in [5, 5.41) is 9.31. The predicted octanol–water partition coefficient (Wildman–Crippen LogP) is 4.93. The number of hydrazone groups is 2. The minimum absolute atomic E-state index is 0.214. The monoisotopic (exact) mass is 446 g/mol. The summed E-state index contributed by atoms with van der Waals surface area (Å²) in [6, 6.07) is 14.6. The SMILES string of the molecule is C/C(=N\NC(=O)CCCCC(=O)N/N=C(\C)c1ccccc1Cl)c1ccccc1Cl. The average molecular weight is 447 g/mol. The highest BCUT2D eigenvalue weighted by molar-refractivity contribution is 6.34. The van der Waals surface area contributed by atoms with Gasteiger partial charge in [0.15, 0.2) is 0 Å². The number of carbonyl (C=O) groups is 2.